The number of aromatic amines is 1. The number of alkyl halides is 2. The Hall–Kier alpha value is -1.77. The van der Waals surface area contributed by atoms with Crippen molar-refractivity contribution < 1.29 is 54.9 Å². The Kier molecular flexibility index (Phi) is 7.88. The lowest BCUT2D eigenvalue weighted by Gasteiger charge is -2.23. The van der Waals surface area contributed by atoms with E-state index in [9.17, 15) is 41.2 Å². The van der Waals surface area contributed by atoms with Crippen LogP contribution in [-0.4, -0.2) is 48.4 Å². The Bertz CT molecular complexity index is 1220. The molecule has 0 radical (unpaired) electrons. The molecule has 33 heavy (non-hydrogen) atoms. The quantitative estimate of drug-likeness (QED) is 0.151. The lowest BCUT2D eigenvalue weighted by molar-refractivity contribution is -0.0268. The van der Waals surface area contributed by atoms with Crippen LogP contribution in [0.25, 0.3) is 10.4 Å². The van der Waals surface area contributed by atoms with Gasteiger partial charge in [-0.15, -0.1) is 0 Å². The van der Waals surface area contributed by atoms with Crippen molar-refractivity contribution >= 4 is 23.1 Å². The number of hydrogen-bond donors (Lipinski definition) is 4. The van der Waals surface area contributed by atoms with Gasteiger partial charge in [0.05, 0.1) is 18.8 Å². The van der Waals surface area contributed by atoms with Gasteiger partial charge in [-0.3, -0.25) is 23.4 Å². The summed E-state index contributed by atoms with van der Waals surface area (Å²) in [5, 5.41) is -2.62. The van der Waals surface area contributed by atoms with E-state index in [4.69, 9.17) is 20.1 Å². The maximum atomic E-state index is 13.3. The van der Waals surface area contributed by atoms with Crippen LogP contribution in [0.2, 0.25) is 0 Å². The third kappa shape index (κ3) is 6.03. The first-order valence-electron chi connectivity index (χ1n) is 8.35. The Morgan fingerprint density at radius 2 is 1.97 bits per heavy atom. The first-order chi connectivity index (χ1) is 14.9. The summed E-state index contributed by atoms with van der Waals surface area (Å²) in [6, 6.07) is -1.19. The molecule has 1 aliphatic heterocycles. The number of nitrogens with one attached hydrogen (secondary N) is 1. The predicted octanol–water partition coefficient (Wildman–Crippen LogP) is 1.84. The molecule has 0 aliphatic carbocycles. The molecule has 0 amide bonds. The normalized spacial score (nSPS) is 26.6. The van der Waals surface area contributed by atoms with E-state index in [1.165, 1.54) is 6.92 Å². The minimum atomic E-state index is -7.09. The molecule has 1 aliphatic rings. The van der Waals surface area contributed by atoms with E-state index < -0.39 is 64.7 Å². The highest BCUT2D eigenvalue weighted by molar-refractivity contribution is 7.75. The van der Waals surface area contributed by atoms with Gasteiger partial charge in [0.25, 0.3) is 5.56 Å². The molecule has 0 aromatic carbocycles. The lowest BCUT2D eigenvalue weighted by atomic mass is 10.1. The second kappa shape index (κ2) is 9.47. The maximum absolute atomic E-state index is 13.3. The highest BCUT2D eigenvalue weighted by Crippen LogP contribution is 2.79. The van der Waals surface area contributed by atoms with Crippen molar-refractivity contribution in [2.75, 3.05) is 6.61 Å². The largest absolute Gasteiger partial charge is 0.479 e. The fourth-order valence-corrected chi connectivity index (χ4v) is 6.17. The minimum Gasteiger partial charge on any atom is -0.352 e. The van der Waals surface area contributed by atoms with Gasteiger partial charge in [-0.25, -0.2) is 18.2 Å². The Labute approximate surface area is 180 Å². The van der Waals surface area contributed by atoms with Gasteiger partial charge in [-0.1, -0.05) is 5.11 Å². The van der Waals surface area contributed by atoms with Crippen molar-refractivity contribution in [2.24, 2.45) is 5.11 Å². The molecule has 1 fully saturated rings. The zero-order chi connectivity index (χ0) is 25.4. The SMILES string of the molecule is Cc1cn([C@@H]2CC(N=[N+]=[N-])[C@H](COP(=O)(O)OP(=O)(O)C(F)(F)P(=O)(O)F)O2)c(=O)[nH]c1=O. The molecule has 22 heteroatoms. The van der Waals surface area contributed by atoms with Gasteiger partial charge < -0.3 is 19.4 Å². The highest BCUT2D eigenvalue weighted by atomic mass is 31.3. The van der Waals surface area contributed by atoms with Crippen molar-refractivity contribution in [2.45, 2.75) is 37.1 Å². The third-order valence-corrected chi connectivity index (χ3v) is 9.18. The topological polar surface area (TPSA) is 243 Å². The average molecular weight is 543 g/mol. The Morgan fingerprint density at radius 1 is 1.36 bits per heavy atom. The molecule has 1 aromatic rings. The molecule has 1 aromatic heterocycles. The Morgan fingerprint density at radius 3 is 2.52 bits per heavy atom. The van der Waals surface area contributed by atoms with E-state index >= 15 is 0 Å². The van der Waals surface area contributed by atoms with Crippen LogP contribution in [0.3, 0.4) is 0 Å². The van der Waals surface area contributed by atoms with E-state index in [1.807, 2.05) is 4.98 Å². The van der Waals surface area contributed by atoms with Gasteiger partial charge in [-0.2, -0.15) is 13.0 Å². The molecule has 0 saturated carbocycles. The van der Waals surface area contributed by atoms with E-state index in [0.717, 1.165) is 10.8 Å². The fraction of sp³-hybridized carbons (Fsp3) is 0.636. The van der Waals surface area contributed by atoms with Crippen LogP contribution in [0, 0.1) is 6.92 Å². The first kappa shape index (κ1) is 27.5. The molecule has 2 rings (SSSR count). The van der Waals surface area contributed by atoms with Crippen molar-refractivity contribution in [3.05, 3.63) is 43.0 Å². The van der Waals surface area contributed by atoms with Gasteiger partial charge in [0.2, 0.25) is 0 Å². The molecule has 186 valence electrons. The molecule has 16 nitrogen and oxygen atoms in total. The highest BCUT2D eigenvalue weighted by Gasteiger charge is 2.68. The van der Waals surface area contributed by atoms with E-state index in [-0.39, 0.29) is 12.0 Å². The summed E-state index contributed by atoms with van der Waals surface area (Å²) in [7, 11) is -19.9. The standard InChI is InChI=1S/C11H15F3N5O11P3/c1-5-3-19(10(21)16-9(5)20)8-2-6(17-18-15)7(29-8)4-28-33(26,27)30-32(24,25)11(12,13)31(14,22)23/h3,6-8H,2,4H2,1H3,(H,22,23)(H,24,25)(H,26,27)(H,16,20,21)/t6?,7-,8-/m0/s1. The molecular weight excluding hydrogens is 528 g/mol. The molecule has 2 heterocycles. The van der Waals surface area contributed by atoms with E-state index in [0.29, 0.717) is 0 Å². The van der Waals surface area contributed by atoms with Crippen molar-refractivity contribution in [1.82, 2.24) is 9.55 Å². The van der Waals surface area contributed by atoms with Gasteiger partial charge in [-0.05, 0) is 12.5 Å². The lowest BCUT2D eigenvalue weighted by Crippen LogP contribution is -2.33. The molecule has 1 saturated heterocycles. The molecule has 6 atom stereocenters. The van der Waals surface area contributed by atoms with Crippen molar-refractivity contribution in [1.29, 1.82) is 0 Å². The van der Waals surface area contributed by atoms with Gasteiger partial charge in [0, 0.05) is 23.1 Å². The van der Waals surface area contributed by atoms with Crippen LogP contribution in [0.15, 0.2) is 20.9 Å². The maximum Gasteiger partial charge on any atom is 0.479 e. The number of hydrogen-bond acceptors (Lipinski definition) is 9. The van der Waals surface area contributed by atoms with Crippen LogP contribution < -0.4 is 11.2 Å². The van der Waals surface area contributed by atoms with E-state index in [1.54, 1.807) is 0 Å². The smallest absolute Gasteiger partial charge is 0.352 e. The summed E-state index contributed by atoms with van der Waals surface area (Å²) in [6.45, 7) is 0.253. The molecule has 4 N–H and O–H groups in total. The first-order valence-corrected chi connectivity index (χ1v) is 13.0. The summed E-state index contributed by atoms with van der Waals surface area (Å²) in [4.78, 5) is 54.7. The van der Waals surface area contributed by atoms with Crippen molar-refractivity contribution in [3.8, 4) is 0 Å². The number of phosphoric ester groups is 1. The molecule has 0 spiro atoms. The number of nitrogens with zero attached hydrogens (tertiary/aromatic N) is 4. The third-order valence-electron chi connectivity index (χ3n) is 4.15. The monoisotopic (exact) mass is 543 g/mol. The summed E-state index contributed by atoms with van der Waals surface area (Å²) >= 11 is 0. The second-order valence-corrected chi connectivity index (χ2v) is 11.9. The van der Waals surface area contributed by atoms with E-state index in [2.05, 4.69) is 18.9 Å². The number of halogens is 3. The number of rotatable bonds is 9. The second-order valence-electron chi connectivity index (χ2n) is 6.49. The Balaban J connectivity index is 2.19. The van der Waals surface area contributed by atoms with Crippen LogP contribution in [0.4, 0.5) is 13.0 Å². The summed E-state index contributed by atoms with van der Waals surface area (Å²) < 4.78 is 87.0. The van der Waals surface area contributed by atoms with Crippen LogP contribution in [-0.2, 0) is 27.3 Å². The zero-order valence-corrected chi connectivity index (χ0v) is 18.8. The number of phosphoric acid groups is 1. The molecule has 0 bridgehead atoms. The van der Waals surface area contributed by atoms with Crippen LogP contribution >= 0.6 is 23.1 Å². The minimum absolute atomic E-state index is 0.0974. The van der Waals surface area contributed by atoms with Gasteiger partial charge >= 0.3 is 34.2 Å². The number of aryl methyl sites for hydroxylation is 1. The number of azide groups is 1. The number of H-pyrrole nitrogens is 1. The van der Waals surface area contributed by atoms with Crippen molar-refractivity contribution in [3.63, 3.8) is 0 Å². The van der Waals surface area contributed by atoms with Crippen LogP contribution in [0.1, 0.15) is 18.2 Å². The van der Waals surface area contributed by atoms with Crippen LogP contribution in [0.5, 0.6) is 0 Å². The van der Waals surface area contributed by atoms with Gasteiger partial charge in [0.15, 0.2) is 0 Å². The van der Waals surface area contributed by atoms with Gasteiger partial charge in [0.1, 0.15) is 6.23 Å². The summed E-state index contributed by atoms with van der Waals surface area (Å²) in [5.41, 5.74) is 7.15. The fourth-order valence-electron chi connectivity index (χ4n) is 2.56. The number of ether oxygens (including phenoxy) is 1. The molecular formula is C11H15F3N5O11P3. The summed E-state index contributed by atoms with van der Waals surface area (Å²) in [5.74, 6) is 0. The summed E-state index contributed by atoms with van der Waals surface area (Å²) in [6.07, 6.45) is -1.77. The predicted molar refractivity (Wildman–Crippen MR) is 100 cm³/mol. The molecule has 4 unspecified atom stereocenters. The average Bonchev–Trinajstić information content (AvgIpc) is 3.04. The number of aromatic nitrogens is 2. The zero-order valence-electron chi connectivity index (χ0n) is 16.1.